The van der Waals surface area contributed by atoms with Gasteiger partial charge in [0.2, 0.25) is 5.91 Å². The van der Waals surface area contributed by atoms with Crippen LogP contribution in [0.4, 0.5) is 4.39 Å². The average molecular weight is 539 g/mol. The fraction of sp³-hybridized carbons (Fsp3) is 0.333. The molecule has 0 saturated carbocycles. The van der Waals surface area contributed by atoms with Crippen molar-refractivity contribution in [2.45, 2.75) is 44.9 Å². The first-order valence-electron chi connectivity index (χ1n) is 14.2. The Morgan fingerprint density at radius 1 is 0.950 bits per heavy atom. The summed E-state index contributed by atoms with van der Waals surface area (Å²) in [5.41, 5.74) is 4.35. The van der Waals surface area contributed by atoms with E-state index in [1.807, 2.05) is 71.8 Å². The number of aromatic nitrogens is 2. The Labute approximate surface area is 235 Å². The quantitative estimate of drug-likeness (QED) is 0.286. The minimum atomic E-state index is -0.200. The molecule has 0 radical (unpaired) electrons. The van der Waals surface area contributed by atoms with E-state index in [9.17, 15) is 9.18 Å². The zero-order valence-corrected chi connectivity index (χ0v) is 22.7. The van der Waals surface area contributed by atoms with Crippen LogP contribution in [0.1, 0.15) is 47.1 Å². The molecule has 1 atom stereocenters. The molecule has 7 heteroatoms. The van der Waals surface area contributed by atoms with E-state index in [0.717, 1.165) is 72.7 Å². The van der Waals surface area contributed by atoms with Crippen molar-refractivity contribution in [1.82, 2.24) is 19.4 Å². The number of ether oxygens (including phenoxy) is 1. The lowest BCUT2D eigenvalue weighted by molar-refractivity contribution is -0.136. The van der Waals surface area contributed by atoms with Gasteiger partial charge in [-0.25, -0.2) is 9.37 Å². The van der Waals surface area contributed by atoms with Crippen LogP contribution >= 0.6 is 0 Å². The van der Waals surface area contributed by atoms with Crippen LogP contribution in [0.5, 0.6) is 5.75 Å². The van der Waals surface area contributed by atoms with E-state index >= 15 is 0 Å². The first-order valence-corrected chi connectivity index (χ1v) is 14.2. The Morgan fingerprint density at radius 2 is 1.80 bits per heavy atom. The molecule has 0 bridgehead atoms. The Balaban J connectivity index is 1.03. The van der Waals surface area contributed by atoms with Crippen molar-refractivity contribution >= 4 is 5.91 Å². The highest BCUT2D eigenvalue weighted by atomic mass is 19.1. The molecule has 1 fully saturated rings. The molecule has 1 unspecified atom stereocenters. The van der Waals surface area contributed by atoms with Crippen molar-refractivity contribution in [1.29, 1.82) is 0 Å². The highest BCUT2D eigenvalue weighted by Crippen LogP contribution is 2.32. The third-order valence-electron chi connectivity index (χ3n) is 7.98. The molecule has 1 amide bonds. The summed E-state index contributed by atoms with van der Waals surface area (Å²) in [5, 5.41) is 0. The van der Waals surface area contributed by atoms with Gasteiger partial charge in [-0.15, -0.1) is 0 Å². The number of fused-ring (bicyclic) bond motifs is 1. The number of carbonyl (C=O) groups excluding carboxylic acids is 1. The lowest BCUT2D eigenvalue weighted by Crippen LogP contribution is -2.50. The van der Waals surface area contributed by atoms with Gasteiger partial charge >= 0.3 is 0 Å². The molecule has 1 saturated heterocycles. The van der Waals surface area contributed by atoms with Gasteiger partial charge in [-0.3, -0.25) is 9.69 Å². The number of amides is 1. The lowest BCUT2D eigenvalue weighted by atomic mass is 9.96. The largest absolute Gasteiger partial charge is 0.489 e. The third kappa shape index (κ3) is 6.10. The van der Waals surface area contributed by atoms with Gasteiger partial charge in [0.25, 0.3) is 0 Å². The number of hydrogen-bond donors (Lipinski definition) is 0. The Morgan fingerprint density at radius 3 is 2.65 bits per heavy atom. The summed E-state index contributed by atoms with van der Waals surface area (Å²) in [7, 11) is 0. The molecule has 2 aliphatic rings. The van der Waals surface area contributed by atoms with Gasteiger partial charge in [0.1, 0.15) is 24.0 Å². The second-order valence-corrected chi connectivity index (χ2v) is 10.8. The number of benzene rings is 3. The number of carbonyl (C=O) groups is 1. The van der Waals surface area contributed by atoms with Crippen molar-refractivity contribution < 1.29 is 13.9 Å². The molecule has 4 aromatic rings. The number of imidazole rings is 1. The molecule has 6 nitrogen and oxygen atoms in total. The Bertz CT molecular complexity index is 1450. The molecule has 3 aromatic carbocycles. The van der Waals surface area contributed by atoms with Gasteiger partial charge in [-0.1, -0.05) is 54.6 Å². The molecule has 1 aromatic heterocycles. The number of nitrogens with zero attached hydrogens (tertiary/aromatic N) is 4. The summed E-state index contributed by atoms with van der Waals surface area (Å²) in [6, 6.07) is 25.2. The number of rotatable bonds is 9. The third-order valence-corrected chi connectivity index (χ3v) is 7.98. The maximum Gasteiger partial charge on any atom is 0.237 e. The van der Waals surface area contributed by atoms with Crippen molar-refractivity contribution in [3.8, 4) is 5.75 Å². The number of halogens is 1. The standard InChI is InChI=1S/C33H35FN4O2/c34-28-11-5-10-27(20-28)31-13-6-14-32-35-21-29(38(31)32)15-16-36-17-18-37(33(39)23-36)22-26-9-4-12-30(19-26)40-24-25-7-2-1-3-8-25/h1-5,7-12,19-21,31H,6,13-18,22-24H2. The molecule has 0 spiro atoms. The first-order chi connectivity index (χ1) is 19.6. The molecule has 2 aliphatic heterocycles. The summed E-state index contributed by atoms with van der Waals surface area (Å²) in [4.78, 5) is 21.9. The van der Waals surface area contributed by atoms with E-state index in [2.05, 4.69) is 9.47 Å². The molecule has 6 rings (SSSR count). The second-order valence-electron chi connectivity index (χ2n) is 10.8. The molecule has 0 aliphatic carbocycles. The molecular formula is C33H35FN4O2. The van der Waals surface area contributed by atoms with Gasteiger partial charge < -0.3 is 14.2 Å². The van der Waals surface area contributed by atoms with Crippen molar-refractivity contribution in [2.75, 3.05) is 26.2 Å². The first kappa shape index (κ1) is 26.3. The van der Waals surface area contributed by atoms with Crippen LogP contribution in [0.2, 0.25) is 0 Å². The van der Waals surface area contributed by atoms with Crippen molar-refractivity contribution in [2.24, 2.45) is 0 Å². The van der Waals surface area contributed by atoms with Crippen molar-refractivity contribution in [3.63, 3.8) is 0 Å². The summed E-state index contributed by atoms with van der Waals surface area (Å²) < 4.78 is 22.3. The maximum atomic E-state index is 14.0. The second kappa shape index (κ2) is 12.0. The van der Waals surface area contributed by atoms with Gasteiger partial charge in [-0.05, 0) is 53.8 Å². The van der Waals surface area contributed by atoms with Gasteiger partial charge in [0, 0.05) is 50.9 Å². The van der Waals surface area contributed by atoms with Gasteiger partial charge in [0.05, 0.1) is 12.6 Å². The van der Waals surface area contributed by atoms with Crippen LogP contribution in [0.15, 0.2) is 85.1 Å². The smallest absolute Gasteiger partial charge is 0.237 e. The van der Waals surface area contributed by atoms with E-state index < -0.39 is 0 Å². The maximum absolute atomic E-state index is 14.0. The Hall–Kier alpha value is -3.97. The monoisotopic (exact) mass is 538 g/mol. The van der Waals surface area contributed by atoms with Crippen LogP contribution in [0.3, 0.4) is 0 Å². The minimum absolute atomic E-state index is 0.114. The zero-order chi connectivity index (χ0) is 27.3. The number of piperazine rings is 1. The van der Waals surface area contributed by atoms with E-state index in [-0.39, 0.29) is 17.8 Å². The summed E-state index contributed by atoms with van der Waals surface area (Å²) in [6.45, 7) is 3.85. The fourth-order valence-electron chi connectivity index (χ4n) is 5.88. The summed E-state index contributed by atoms with van der Waals surface area (Å²) >= 11 is 0. The highest BCUT2D eigenvalue weighted by molar-refractivity contribution is 5.79. The van der Waals surface area contributed by atoms with Crippen LogP contribution in [0.25, 0.3) is 0 Å². The molecule has 40 heavy (non-hydrogen) atoms. The van der Waals surface area contributed by atoms with Crippen LogP contribution in [-0.2, 0) is 30.8 Å². The van der Waals surface area contributed by atoms with Crippen LogP contribution in [-0.4, -0.2) is 51.4 Å². The molecule has 206 valence electrons. The van der Waals surface area contributed by atoms with E-state index in [0.29, 0.717) is 26.2 Å². The number of aryl methyl sites for hydroxylation is 1. The van der Waals surface area contributed by atoms with Gasteiger partial charge in [-0.2, -0.15) is 0 Å². The summed E-state index contributed by atoms with van der Waals surface area (Å²) in [5.74, 6) is 1.84. The minimum Gasteiger partial charge on any atom is -0.489 e. The van der Waals surface area contributed by atoms with E-state index in [4.69, 9.17) is 9.72 Å². The highest BCUT2D eigenvalue weighted by Gasteiger charge is 2.27. The molecule has 3 heterocycles. The zero-order valence-electron chi connectivity index (χ0n) is 22.7. The average Bonchev–Trinajstić information content (AvgIpc) is 3.40. The van der Waals surface area contributed by atoms with E-state index in [1.165, 1.54) is 6.07 Å². The predicted molar refractivity (Wildman–Crippen MR) is 152 cm³/mol. The summed E-state index contributed by atoms with van der Waals surface area (Å²) in [6.07, 6.45) is 5.76. The van der Waals surface area contributed by atoms with Gasteiger partial charge in [0.15, 0.2) is 0 Å². The van der Waals surface area contributed by atoms with Crippen LogP contribution in [0, 0.1) is 5.82 Å². The molecular weight excluding hydrogens is 503 g/mol. The normalized spacial score (nSPS) is 17.6. The Kier molecular flexibility index (Phi) is 7.91. The fourth-order valence-corrected chi connectivity index (χ4v) is 5.88. The van der Waals surface area contributed by atoms with Crippen molar-refractivity contribution in [3.05, 3.63) is 119 Å². The SMILES string of the molecule is O=C1CN(CCc2cnc3n2C(c2cccc(F)c2)CCC3)CCN1Cc1cccc(OCc2ccccc2)c1. The number of hydrogen-bond acceptors (Lipinski definition) is 4. The van der Waals surface area contributed by atoms with E-state index in [1.54, 1.807) is 12.1 Å². The van der Waals surface area contributed by atoms with Crippen LogP contribution < -0.4 is 4.74 Å². The molecule has 0 N–H and O–H groups in total. The lowest BCUT2D eigenvalue weighted by Gasteiger charge is -2.34. The topological polar surface area (TPSA) is 50.6 Å². The predicted octanol–water partition coefficient (Wildman–Crippen LogP) is 5.41.